The van der Waals surface area contributed by atoms with Gasteiger partial charge in [-0.3, -0.25) is 14.9 Å². The molecule has 2 rings (SSSR count). The van der Waals surface area contributed by atoms with Crippen LogP contribution in [0.1, 0.15) is 19.4 Å². The number of nitro groups is 1. The minimum absolute atomic E-state index is 0.0124. The van der Waals surface area contributed by atoms with Crippen molar-refractivity contribution in [2.24, 2.45) is 0 Å². The van der Waals surface area contributed by atoms with E-state index in [1.165, 1.54) is 24.3 Å². The van der Waals surface area contributed by atoms with Gasteiger partial charge in [0.1, 0.15) is 5.75 Å². The summed E-state index contributed by atoms with van der Waals surface area (Å²) in [5.41, 5.74) is 1.04. The lowest BCUT2D eigenvalue weighted by atomic mass is 10.2. The summed E-state index contributed by atoms with van der Waals surface area (Å²) in [4.78, 5) is 24.3. The topological polar surface area (TPSA) is 72.7 Å². The Morgan fingerprint density at radius 3 is 2.29 bits per heavy atom. The maximum atomic E-state index is 12.4. The maximum absolute atomic E-state index is 12.4. The van der Waals surface area contributed by atoms with Crippen LogP contribution in [0.15, 0.2) is 54.6 Å². The number of ether oxygens (including phenoxy) is 1. The van der Waals surface area contributed by atoms with Gasteiger partial charge in [0, 0.05) is 24.7 Å². The number of nitro benzene ring substituents is 1. The summed E-state index contributed by atoms with van der Waals surface area (Å²) >= 11 is 0. The van der Waals surface area contributed by atoms with Gasteiger partial charge in [-0.25, -0.2) is 0 Å². The number of nitrogens with zero attached hydrogens (tertiary/aromatic N) is 2. The quantitative estimate of drug-likeness (QED) is 0.577. The third kappa shape index (κ3) is 4.81. The van der Waals surface area contributed by atoms with Crippen LogP contribution in [-0.2, 0) is 11.3 Å². The number of carbonyl (C=O) groups excluding carboxylic acids is 1. The van der Waals surface area contributed by atoms with Crippen LogP contribution in [0.3, 0.4) is 0 Å². The van der Waals surface area contributed by atoms with Crippen molar-refractivity contribution in [2.45, 2.75) is 26.4 Å². The average molecular weight is 328 g/mol. The second-order valence-corrected chi connectivity index (χ2v) is 5.64. The molecule has 0 saturated carbocycles. The van der Waals surface area contributed by atoms with Gasteiger partial charge in [0.25, 0.3) is 11.6 Å². The highest BCUT2D eigenvalue weighted by Gasteiger charge is 2.18. The fraction of sp³-hybridized carbons (Fsp3) is 0.278. The summed E-state index contributed by atoms with van der Waals surface area (Å²) in [5, 5.41) is 10.6. The van der Waals surface area contributed by atoms with Crippen molar-refractivity contribution in [1.82, 2.24) is 4.90 Å². The minimum Gasteiger partial charge on any atom is -0.484 e. The molecule has 0 saturated heterocycles. The Morgan fingerprint density at radius 1 is 1.12 bits per heavy atom. The fourth-order valence-corrected chi connectivity index (χ4v) is 2.23. The van der Waals surface area contributed by atoms with E-state index < -0.39 is 4.92 Å². The first-order valence-electron chi connectivity index (χ1n) is 7.68. The highest BCUT2D eigenvalue weighted by atomic mass is 16.6. The van der Waals surface area contributed by atoms with Crippen LogP contribution in [-0.4, -0.2) is 28.4 Å². The molecule has 0 aromatic heterocycles. The van der Waals surface area contributed by atoms with E-state index in [0.29, 0.717) is 12.3 Å². The van der Waals surface area contributed by atoms with Crippen molar-refractivity contribution in [3.05, 3.63) is 70.3 Å². The summed E-state index contributed by atoms with van der Waals surface area (Å²) < 4.78 is 5.46. The van der Waals surface area contributed by atoms with Crippen LogP contribution in [0.4, 0.5) is 5.69 Å². The smallest absolute Gasteiger partial charge is 0.269 e. The normalized spacial score (nSPS) is 10.5. The Labute approximate surface area is 140 Å². The van der Waals surface area contributed by atoms with Crippen LogP contribution in [0, 0.1) is 10.1 Å². The van der Waals surface area contributed by atoms with Crippen LogP contribution < -0.4 is 4.74 Å². The lowest BCUT2D eigenvalue weighted by Gasteiger charge is -2.27. The lowest BCUT2D eigenvalue weighted by molar-refractivity contribution is -0.384. The molecule has 1 amide bonds. The van der Waals surface area contributed by atoms with Gasteiger partial charge in [-0.15, -0.1) is 0 Å². The molecule has 0 aliphatic carbocycles. The maximum Gasteiger partial charge on any atom is 0.269 e. The van der Waals surface area contributed by atoms with E-state index in [1.54, 1.807) is 4.90 Å². The molecule has 0 N–H and O–H groups in total. The largest absolute Gasteiger partial charge is 0.484 e. The van der Waals surface area contributed by atoms with Crippen LogP contribution >= 0.6 is 0 Å². The van der Waals surface area contributed by atoms with E-state index >= 15 is 0 Å². The SMILES string of the molecule is CC(C)N(Cc1ccccc1)C(=O)COc1ccc([N+](=O)[O-])cc1. The van der Waals surface area contributed by atoms with Gasteiger partial charge in [0.15, 0.2) is 6.61 Å². The first-order valence-corrected chi connectivity index (χ1v) is 7.68. The molecule has 0 unspecified atom stereocenters. The second kappa shape index (κ2) is 8.10. The molecule has 0 fully saturated rings. The Kier molecular flexibility index (Phi) is 5.89. The number of rotatable bonds is 7. The second-order valence-electron chi connectivity index (χ2n) is 5.64. The molecule has 0 atom stereocenters. The highest BCUT2D eigenvalue weighted by Crippen LogP contribution is 2.17. The number of non-ortho nitro benzene ring substituents is 1. The molecule has 6 heteroatoms. The molecular weight excluding hydrogens is 308 g/mol. The van der Waals surface area contributed by atoms with Crippen molar-refractivity contribution in [3.8, 4) is 5.75 Å². The van der Waals surface area contributed by atoms with Crippen molar-refractivity contribution in [3.63, 3.8) is 0 Å². The number of amides is 1. The average Bonchev–Trinajstić information content (AvgIpc) is 2.58. The minimum atomic E-state index is -0.477. The molecule has 0 heterocycles. The fourth-order valence-electron chi connectivity index (χ4n) is 2.23. The standard InChI is InChI=1S/C18H20N2O4/c1-14(2)19(12-15-6-4-3-5-7-15)18(21)13-24-17-10-8-16(9-11-17)20(22)23/h3-11,14H,12-13H2,1-2H3. The van der Waals surface area contributed by atoms with Crippen LogP contribution in [0.5, 0.6) is 5.75 Å². The van der Waals surface area contributed by atoms with Gasteiger partial charge in [0.05, 0.1) is 4.92 Å². The molecule has 0 bridgehead atoms. The lowest BCUT2D eigenvalue weighted by Crippen LogP contribution is -2.39. The highest BCUT2D eigenvalue weighted by molar-refractivity contribution is 5.78. The zero-order valence-electron chi connectivity index (χ0n) is 13.7. The van der Waals surface area contributed by atoms with Gasteiger partial charge in [-0.2, -0.15) is 0 Å². The molecule has 0 aliphatic heterocycles. The van der Waals surface area contributed by atoms with E-state index in [1.807, 2.05) is 44.2 Å². The molecular formula is C18H20N2O4. The zero-order chi connectivity index (χ0) is 17.5. The van der Waals surface area contributed by atoms with Gasteiger partial charge in [0.2, 0.25) is 0 Å². The summed E-state index contributed by atoms with van der Waals surface area (Å²) in [6, 6.07) is 15.5. The van der Waals surface area contributed by atoms with Crippen molar-refractivity contribution in [2.75, 3.05) is 6.61 Å². The van der Waals surface area contributed by atoms with Gasteiger partial charge in [-0.1, -0.05) is 30.3 Å². The third-order valence-electron chi connectivity index (χ3n) is 3.55. The van der Waals surface area contributed by atoms with E-state index in [-0.39, 0.29) is 24.2 Å². The molecule has 6 nitrogen and oxygen atoms in total. The monoisotopic (exact) mass is 328 g/mol. The van der Waals surface area contributed by atoms with Crippen molar-refractivity contribution in [1.29, 1.82) is 0 Å². The van der Waals surface area contributed by atoms with Crippen LogP contribution in [0.2, 0.25) is 0 Å². The third-order valence-corrected chi connectivity index (χ3v) is 3.55. The Bertz CT molecular complexity index is 684. The molecule has 2 aromatic carbocycles. The molecule has 24 heavy (non-hydrogen) atoms. The molecule has 0 spiro atoms. The Balaban J connectivity index is 1.96. The predicted octanol–water partition coefficient (Wildman–Crippen LogP) is 3.41. The summed E-state index contributed by atoms with van der Waals surface area (Å²) in [5.74, 6) is 0.296. The first-order chi connectivity index (χ1) is 11.5. The summed E-state index contributed by atoms with van der Waals surface area (Å²) in [7, 11) is 0. The van der Waals surface area contributed by atoms with E-state index in [0.717, 1.165) is 5.56 Å². The van der Waals surface area contributed by atoms with Gasteiger partial charge in [-0.05, 0) is 31.5 Å². The van der Waals surface area contributed by atoms with Crippen molar-refractivity contribution < 1.29 is 14.5 Å². The predicted molar refractivity (Wildman–Crippen MR) is 90.7 cm³/mol. The number of benzene rings is 2. The number of hydrogen-bond donors (Lipinski definition) is 0. The number of carbonyl (C=O) groups is 1. The molecule has 2 aromatic rings. The van der Waals surface area contributed by atoms with E-state index in [9.17, 15) is 14.9 Å². The molecule has 0 radical (unpaired) electrons. The Hall–Kier alpha value is -2.89. The first kappa shape index (κ1) is 17.5. The summed E-state index contributed by atoms with van der Waals surface area (Å²) in [6.45, 7) is 4.31. The Morgan fingerprint density at radius 2 is 1.75 bits per heavy atom. The van der Waals surface area contributed by atoms with Crippen LogP contribution in [0.25, 0.3) is 0 Å². The molecule has 0 aliphatic rings. The number of hydrogen-bond acceptors (Lipinski definition) is 4. The van der Waals surface area contributed by atoms with E-state index in [2.05, 4.69) is 0 Å². The van der Waals surface area contributed by atoms with Gasteiger partial charge < -0.3 is 9.64 Å². The van der Waals surface area contributed by atoms with Crippen molar-refractivity contribution >= 4 is 11.6 Å². The van der Waals surface area contributed by atoms with Gasteiger partial charge >= 0.3 is 0 Å². The van der Waals surface area contributed by atoms with E-state index in [4.69, 9.17) is 4.74 Å². The molecule has 126 valence electrons. The summed E-state index contributed by atoms with van der Waals surface area (Å²) in [6.07, 6.45) is 0. The zero-order valence-corrected chi connectivity index (χ0v) is 13.7.